The third-order valence-corrected chi connectivity index (χ3v) is 4.24. The number of nitrogens with one attached hydrogen (secondary N) is 1. The van der Waals surface area contributed by atoms with Gasteiger partial charge >= 0.3 is 6.03 Å². The number of halogens is 1. The van der Waals surface area contributed by atoms with E-state index < -0.39 is 0 Å². The Labute approximate surface area is 134 Å². The second-order valence-corrected chi connectivity index (χ2v) is 6.07. The fourth-order valence-electron chi connectivity index (χ4n) is 2.78. The Morgan fingerprint density at radius 2 is 2.18 bits per heavy atom. The van der Waals surface area contributed by atoms with Crippen LogP contribution in [0.2, 0.25) is 5.02 Å². The summed E-state index contributed by atoms with van der Waals surface area (Å²) in [4.78, 5) is 18.2. The molecule has 1 aromatic heterocycles. The van der Waals surface area contributed by atoms with Crippen LogP contribution < -0.4 is 5.32 Å². The van der Waals surface area contributed by atoms with Crippen molar-refractivity contribution in [2.75, 3.05) is 18.4 Å². The number of benzene rings is 1. The lowest BCUT2D eigenvalue weighted by Crippen LogP contribution is -2.41. The Kier molecular flexibility index (Phi) is 4.63. The third-order valence-electron chi connectivity index (χ3n) is 4.01. The van der Waals surface area contributed by atoms with Crippen LogP contribution in [0.1, 0.15) is 12.8 Å². The van der Waals surface area contributed by atoms with Crippen molar-refractivity contribution in [3.05, 3.63) is 48.0 Å². The second-order valence-electron chi connectivity index (χ2n) is 5.63. The van der Waals surface area contributed by atoms with E-state index in [0.29, 0.717) is 10.9 Å². The molecule has 0 bridgehead atoms. The van der Waals surface area contributed by atoms with Crippen molar-refractivity contribution in [3.8, 4) is 0 Å². The molecule has 1 N–H and O–H groups in total. The number of amides is 2. The normalized spacial score (nSPS) is 15.8. The number of carbonyl (C=O) groups is 1. The number of piperidine rings is 1. The molecule has 1 fully saturated rings. The minimum absolute atomic E-state index is 0.0525. The van der Waals surface area contributed by atoms with Gasteiger partial charge in [-0.2, -0.15) is 0 Å². The van der Waals surface area contributed by atoms with Gasteiger partial charge in [0.25, 0.3) is 0 Å². The van der Waals surface area contributed by atoms with Gasteiger partial charge in [0, 0.05) is 42.7 Å². The Balaban J connectivity index is 1.49. The van der Waals surface area contributed by atoms with Crippen LogP contribution in [0.5, 0.6) is 0 Å². The van der Waals surface area contributed by atoms with Gasteiger partial charge in [0.1, 0.15) is 0 Å². The zero-order chi connectivity index (χ0) is 15.4. The van der Waals surface area contributed by atoms with E-state index >= 15 is 0 Å². The first-order valence-corrected chi connectivity index (χ1v) is 7.86. The van der Waals surface area contributed by atoms with Gasteiger partial charge < -0.3 is 14.8 Å². The summed E-state index contributed by atoms with van der Waals surface area (Å²) in [6, 6.07) is 7.16. The standard InChI is InChI=1S/C16H19ClN4O/c17-14-2-1-3-15(10-14)19-16(22)21-7-4-13(5-8-21)11-20-9-6-18-12-20/h1-3,6,9-10,12-13H,4-5,7-8,11H2,(H,19,22). The van der Waals surface area contributed by atoms with Crippen molar-refractivity contribution in [2.45, 2.75) is 19.4 Å². The number of rotatable bonds is 3. The van der Waals surface area contributed by atoms with Gasteiger partial charge in [-0.05, 0) is 37.0 Å². The summed E-state index contributed by atoms with van der Waals surface area (Å²) in [6.45, 7) is 2.54. The quantitative estimate of drug-likeness (QED) is 0.942. The summed E-state index contributed by atoms with van der Waals surface area (Å²) in [6.07, 6.45) is 7.66. The predicted molar refractivity (Wildman–Crippen MR) is 87.0 cm³/mol. The molecule has 116 valence electrons. The molecular formula is C16H19ClN4O. The topological polar surface area (TPSA) is 50.2 Å². The average molecular weight is 319 g/mol. The molecule has 0 radical (unpaired) electrons. The molecule has 1 saturated heterocycles. The number of anilines is 1. The lowest BCUT2D eigenvalue weighted by atomic mass is 9.97. The van der Waals surface area contributed by atoms with E-state index in [1.165, 1.54) is 0 Å². The molecular weight excluding hydrogens is 300 g/mol. The number of imidazole rings is 1. The Bertz CT molecular complexity index is 621. The van der Waals surface area contributed by atoms with Gasteiger partial charge in [0.2, 0.25) is 0 Å². The van der Waals surface area contributed by atoms with Crippen molar-refractivity contribution >= 4 is 23.3 Å². The van der Waals surface area contributed by atoms with Crippen molar-refractivity contribution in [1.29, 1.82) is 0 Å². The molecule has 1 aromatic carbocycles. The number of aromatic nitrogens is 2. The van der Waals surface area contributed by atoms with Gasteiger partial charge in [-0.15, -0.1) is 0 Å². The van der Waals surface area contributed by atoms with E-state index in [-0.39, 0.29) is 6.03 Å². The van der Waals surface area contributed by atoms with Crippen LogP contribution in [-0.4, -0.2) is 33.6 Å². The highest BCUT2D eigenvalue weighted by Gasteiger charge is 2.23. The molecule has 0 spiro atoms. The molecule has 22 heavy (non-hydrogen) atoms. The molecule has 6 heteroatoms. The molecule has 2 heterocycles. The molecule has 0 atom stereocenters. The molecule has 0 unspecified atom stereocenters. The van der Waals surface area contributed by atoms with Crippen LogP contribution in [0.3, 0.4) is 0 Å². The van der Waals surface area contributed by atoms with E-state index in [2.05, 4.69) is 14.9 Å². The number of hydrogen-bond acceptors (Lipinski definition) is 2. The maximum Gasteiger partial charge on any atom is 0.321 e. The lowest BCUT2D eigenvalue weighted by Gasteiger charge is -2.32. The van der Waals surface area contributed by atoms with E-state index in [1.54, 1.807) is 18.3 Å². The number of urea groups is 1. The van der Waals surface area contributed by atoms with E-state index in [9.17, 15) is 4.79 Å². The minimum atomic E-state index is -0.0525. The van der Waals surface area contributed by atoms with Crippen LogP contribution in [0.4, 0.5) is 10.5 Å². The monoisotopic (exact) mass is 318 g/mol. The third kappa shape index (κ3) is 3.80. The fourth-order valence-corrected chi connectivity index (χ4v) is 2.97. The van der Waals surface area contributed by atoms with E-state index in [4.69, 9.17) is 11.6 Å². The average Bonchev–Trinajstić information content (AvgIpc) is 3.01. The first-order valence-electron chi connectivity index (χ1n) is 7.48. The smallest absolute Gasteiger partial charge is 0.321 e. The molecule has 3 rings (SSSR count). The van der Waals surface area contributed by atoms with Crippen molar-refractivity contribution < 1.29 is 4.79 Å². The highest BCUT2D eigenvalue weighted by Crippen LogP contribution is 2.21. The molecule has 2 aromatic rings. The van der Waals surface area contributed by atoms with Gasteiger partial charge in [-0.3, -0.25) is 0 Å². The first-order chi connectivity index (χ1) is 10.7. The summed E-state index contributed by atoms with van der Waals surface area (Å²) in [5.74, 6) is 0.601. The van der Waals surface area contributed by atoms with E-state index in [1.807, 2.05) is 29.6 Å². The van der Waals surface area contributed by atoms with Crippen LogP contribution in [-0.2, 0) is 6.54 Å². The number of nitrogens with zero attached hydrogens (tertiary/aromatic N) is 3. The van der Waals surface area contributed by atoms with Gasteiger partial charge in [-0.25, -0.2) is 9.78 Å². The summed E-state index contributed by atoms with van der Waals surface area (Å²) in [7, 11) is 0. The van der Waals surface area contributed by atoms with Crippen molar-refractivity contribution in [1.82, 2.24) is 14.5 Å². The highest BCUT2D eigenvalue weighted by atomic mass is 35.5. The maximum absolute atomic E-state index is 12.3. The highest BCUT2D eigenvalue weighted by molar-refractivity contribution is 6.30. The zero-order valence-corrected chi connectivity index (χ0v) is 13.0. The molecule has 5 nitrogen and oxygen atoms in total. The van der Waals surface area contributed by atoms with Gasteiger partial charge in [-0.1, -0.05) is 17.7 Å². The van der Waals surface area contributed by atoms with Crippen LogP contribution in [0.15, 0.2) is 43.0 Å². The van der Waals surface area contributed by atoms with Gasteiger partial charge in [0.15, 0.2) is 0 Å². The molecule has 1 aliphatic heterocycles. The van der Waals surface area contributed by atoms with E-state index in [0.717, 1.165) is 38.2 Å². The lowest BCUT2D eigenvalue weighted by molar-refractivity contribution is 0.177. The predicted octanol–water partition coefficient (Wildman–Crippen LogP) is 3.48. The molecule has 0 aliphatic carbocycles. The Morgan fingerprint density at radius 1 is 1.36 bits per heavy atom. The number of likely N-dealkylation sites (tertiary alicyclic amines) is 1. The van der Waals surface area contributed by atoms with Crippen molar-refractivity contribution in [3.63, 3.8) is 0 Å². The summed E-state index contributed by atoms with van der Waals surface area (Å²) in [5.41, 5.74) is 0.734. The molecule has 1 aliphatic rings. The zero-order valence-electron chi connectivity index (χ0n) is 12.3. The first kappa shape index (κ1) is 14.9. The van der Waals surface area contributed by atoms with Crippen molar-refractivity contribution in [2.24, 2.45) is 5.92 Å². The molecule has 2 amide bonds. The van der Waals surface area contributed by atoms with Crippen LogP contribution in [0.25, 0.3) is 0 Å². The maximum atomic E-state index is 12.3. The summed E-state index contributed by atoms with van der Waals surface area (Å²) >= 11 is 5.93. The summed E-state index contributed by atoms with van der Waals surface area (Å²) in [5, 5.41) is 3.52. The Hall–Kier alpha value is -2.01. The summed E-state index contributed by atoms with van der Waals surface area (Å²) < 4.78 is 2.10. The molecule has 0 saturated carbocycles. The minimum Gasteiger partial charge on any atom is -0.337 e. The number of hydrogen-bond donors (Lipinski definition) is 1. The van der Waals surface area contributed by atoms with Crippen LogP contribution >= 0.6 is 11.6 Å². The largest absolute Gasteiger partial charge is 0.337 e. The Morgan fingerprint density at radius 3 is 2.86 bits per heavy atom. The number of carbonyl (C=O) groups excluding carboxylic acids is 1. The van der Waals surface area contributed by atoms with Crippen LogP contribution in [0, 0.1) is 5.92 Å². The van der Waals surface area contributed by atoms with Gasteiger partial charge in [0.05, 0.1) is 6.33 Å². The fraction of sp³-hybridized carbons (Fsp3) is 0.375. The SMILES string of the molecule is O=C(Nc1cccc(Cl)c1)N1CCC(Cn2ccnc2)CC1. The second kappa shape index (κ2) is 6.83.